The molecular formula is C34H50O4Si2. The zero-order valence-electron chi connectivity index (χ0n) is 26.5. The highest BCUT2D eigenvalue weighted by Gasteiger charge is 2.36. The molecule has 0 heterocycles. The molecule has 0 aliphatic heterocycles. The third-order valence-corrected chi connectivity index (χ3v) is 8.08. The molecule has 40 heavy (non-hydrogen) atoms. The van der Waals surface area contributed by atoms with Gasteiger partial charge in [-0.15, -0.1) is 0 Å². The normalized spacial score (nSPS) is 14.8. The van der Waals surface area contributed by atoms with E-state index in [0.717, 1.165) is 30.1 Å². The summed E-state index contributed by atoms with van der Waals surface area (Å²) < 4.78 is 13.4. The summed E-state index contributed by atoms with van der Waals surface area (Å²) >= 11 is 0. The van der Waals surface area contributed by atoms with E-state index in [2.05, 4.69) is 110 Å². The molecule has 0 saturated carbocycles. The summed E-state index contributed by atoms with van der Waals surface area (Å²) in [6, 6.07) is 15.5. The first-order chi connectivity index (χ1) is 18.5. The Bertz CT molecular complexity index is 1180. The Morgan fingerprint density at radius 1 is 0.825 bits per heavy atom. The van der Waals surface area contributed by atoms with Gasteiger partial charge in [-0.1, -0.05) is 96.2 Å². The Morgan fingerprint density at radius 3 is 1.85 bits per heavy atom. The van der Waals surface area contributed by atoms with E-state index in [0.29, 0.717) is 0 Å². The van der Waals surface area contributed by atoms with Crippen LogP contribution in [-0.4, -0.2) is 29.2 Å². The molecule has 4 nitrogen and oxygen atoms in total. The zero-order chi connectivity index (χ0) is 30.3. The number of carbonyl (C=O) groups is 1. The summed E-state index contributed by atoms with van der Waals surface area (Å²) in [5.41, 5.74) is 7.11. The predicted molar refractivity (Wildman–Crippen MR) is 172 cm³/mol. The van der Waals surface area contributed by atoms with Gasteiger partial charge < -0.3 is 14.0 Å². The van der Waals surface area contributed by atoms with Crippen molar-refractivity contribution < 1.29 is 18.8 Å². The van der Waals surface area contributed by atoms with Crippen LogP contribution in [0.4, 0.5) is 0 Å². The summed E-state index contributed by atoms with van der Waals surface area (Å²) in [5.74, 6) is -0.941. The minimum atomic E-state index is -0.941. The van der Waals surface area contributed by atoms with E-state index < -0.39 is 24.0 Å². The highest BCUT2D eigenvalue weighted by molar-refractivity contribution is 6.48. The second-order valence-corrected chi connectivity index (χ2v) is 17.4. The van der Waals surface area contributed by atoms with Crippen molar-refractivity contribution in [2.45, 2.75) is 99.7 Å². The van der Waals surface area contributed by atoms with Crippen LogP contribution in [0.2, 0.25) is 26.2 Å². The number of carboxylic acid groups (broad SMARTS) is 1. The molecule has 2 atom stereocenters. The van der Waals surface area contributed by atoms with Gasteiger partial charge in [-0.2, -0.15) is 0 Å². The first kappa shape index (κ1) is 33.9. The van der Waals surface area contributed by atoms with Crippen LogP contribution in [0.15, 0.2) is 60.7 Å². The standard InChI is InChI=1S/C34H50O4Si2/c1-24(14-12-17-30(35)36)27-16-13-15-25(22-27)18-19-26-20-21-28(31(33(2,3)4)37-39(8)9)29(23-26)32(34(5,6)7)38-40(10)11/h12-17,20-23,31-32H,18-19H2,1-11H3,(H,35,36). The van der Waals surface area contributed by atoms with Gasteiger partial charge in [0.05, 0.1) is 12.2 Å². The number of hydrogen-bond acceptors (Lipinski definition) is 3. The maximum absolute atomic E-state index is 10.8. The van der Waals surface area contributed by atoms with Crippen LogP contribution in [0.25, 0.3) is 5.57 Å². The molecule has 0 saturated heterocycles. The van der Waals surface area contributed by atoms with Crippen molar-refractivity contribution in [2.24, 2.45) is 10.8 Å². The monoisotopic (exact) mass is 578 g/mol. The maximum atomic E-state index is 10.8. The zero-order valence-corrected chi connectivity index (χ0v) is 28.5. The van der Waals surface area contributed by atoms with Gasteiger partial charge in [0, 0.05) is 6.08 Å². The van der Waals surface area contributed by atoms with Gasteiger partial charge in [-0.25, -0.2) is 4.79 Å². The average molecular weight is 579 g/mol. The van der Waals surface area contributed by atoms with E-state index in [1.54, 1.807) is 6.08 Å². The molecule has 0 amide bonds. The Balaban J connectivity index is 2.48. The molecule has 2 unspecified atom stereocenters. The second kappa shape index (κ2) is 14.6. The SMILES string of the molecule is CC(=CC=CC(=O)O)c1cccc(CCc2ccc(C(O[Si](C)C)C(C)(C)C)c(C(O[Si](C)C)C(C)(C)C)c2)c1. The third-order valence-electron chi connectivity index (χ3n) is 6.67. The van der Waals surface area contributed by atoms with Crippen LogP contribution >= 0.6 is 0 Å². The first-order valence-corrected chi connectivity index (χ1v) is 19.0. The fraction of sp³-hybridized carbons (Fsp3) is 0.500. The lowest BCUT2D eigenvalue weighted by atomic mass is 9.77. The molecular weight excluding hydrogens is 529 g/mol. The quantitative estimate of drug-likeness (QED) is 0.155. The van der Waals surface area contributed by atoms with E-state index in [-0.39, 0.29) is 23.0 Å². The van der Waals surface area contributed by atoms with Crippen molar-refractivity contribution in [3.05, 3.63) is 88.5 Å². The predicted octanol–water partition coefficient (Wildman–Crippen LogP) is 9.23. The van der Waals surface area contributed by atoms with Crippen molar-refractivity contribution in [3.8, 4) is 0 Å². The van der Waals surface area contributed by atoms with Crippen LogP contribution in [0, 0.1) is 10.8 Å². The highest BCUT2D eigenvalue weighted by atomic mass is 28.3. The number of carboxylic acids is 1. The summed E-state index contributed by atoms with van der Waals surface area (Å²) in [6.07, 6.45) is 6.40. The molecule has 2 radical (unpaired) electrons. The van der Waals surface area contributed by atoms with E-state index in [9.17, 15) is 4.79 Å². The molecule has 0 bridgehead atoms. The van der Waals surface area contributed by atoms with Gasteiger partial charge in [0.2, 0.25) is 18.1 Å². The molecule has 0 aliphatic rings. The smallest absolute Gasteiger partial charge is 0.328 e. The van der Waals surface area contributed by atoms with Gasteiger partial charge in [0.25, 0.3) is 0 Å². The molecule has 1 N–H and O–H groups in total. The molecule has 2 aromatic carbocycles. The Hall–Kier alpha value is -2.26. The summed E-state index contributed by atoms with van der Waals surface area (Å²) in [7, 11) is -1.84. The van der Waals surface area contributed by atoms with Crippen molar-refractivity contribution in [2.75, 3.05) is 0 Å². The van der Waals surface area contributed by atoms with Crippen LogP contribution < -0.4 is 0 Å². The molecule has 0 aliphatic carbocycles. The number of rotatable bonds is 12. The maximum Gasteiger partial charge on any atom is 0.328 e. The summed E-state index contributed by atoms with van der Waals surface area (Å²) in [5, 5.41) is 8.86. The van der Waals surface area contributed by atoms with Crippen LogP contribution in [0.5, 0.6) is 0 Å². The largest absolute Gasteiger partial charge is 0.478 e. The van der Waals surface area contributed by atoms with E-state index in [1.165, 1.54) is 22.3 Å². The van der Waals surface area contributed by atoms with Crippen LogP contribution in [0.3, 0.4) is 0 Å². The van der Waals surface area contributed by atoms with E-state index in [1.807, 2.05) is 13.0 Å². The average Bonchev–Trinajstić information content (AvgIpc) is 2.83. The van der Waals surface area contributed by atoms with Crippen molar-refractivity contribution in [1.82, 2.24) is 0 Å². The lowest BCUT2D eigenvalue weighted by Crippen LogP contribution is -2.31. The fourth-order valence-corrected chi connectivity index (χ4v) is 6.67. The number of benzene rings is 2. The van der Waals surface area contributed by atoms with E-state index in [4.69, 9.17) is 14.0 Å². The molecule has 6 heteroatoms. The molecule has 0 aromatic heterocycles. The fourth-order valence-electron chi connectivity index (χ4n) is 4.76. The molecule has 2 aromatic rings. The second-order valence-electron chi connectivity index (χ2n) is 13.3. The minimum absolute atomic E-state index is 0.0000982. The van der Waals surface area contributed by atoms with Gasteiger partial charge in [0.15, 0.2) is 0 Å². The first-order valence-electron chi connectivity index (χ1n) is 14.2. The van der Waals surface area contributed by atoms with Crippen LogP contribution in [-0.2, 0) is 26.5 Å². The van der Waals surface area contributed by atoms with E-state index >= 15 is 0 Å². The van der Waals surface area contributed by atoms with Crippen molar-refractivity contribution >= 4 is 29.6 Å². The Labute approximate surface area is 247 Å². The molecule has 0 fully saturated rings. The number of aliphatic carboxylic acids is 1. The minimum Gasteiger partial charge on any atom is -0.478 e. The van der Waals surface area contributed by atoms with Gasteiger partial charge in [0.1, 0.15) is 0 Å². The number of hydrogen-bond donors (Lipinski definition) is 1. The molecule has 218 valence electrons. The third kappa shape index (κ3) is 10.6. The highest BCUT2D eigenvalue weighted by Crippen LogP contribution is 2.45. The van der Waals surface area contributed by atoms with Gasteiger partial charge in [-0.3, -0.25) is 0 Å². The van der Waals surface area contributed by atoms with Gasteiger partial charge in [-0.05, 0) is 90.2 Å². The lowest BCUT2D eigenvalue weighted by molar-refractivity contribution is -0.131. The Morgan fingerprint density at radius 2 is 1.35 bits per heavy atom. The topological polar surface area (TPSA) is 55.8 Å². The number of allylic oxidation sites excluding steroid dienone is 3. The van der Waals surface area contributed by atoms with Crippen molar-refractivity contribution in [3.63, 3.8) is 0 Å². The summed E-state index contributed by atoms with van der Waals surface area (Å²) in [4.78, 5) is 10.8. The van der Waals surface area contributed by atoms with Gasteiger partial charge >= 0.3 is 5.97 Å². The molecule has 2 rings (SSSR count). The van der Waals surface area contributed by atoms with Crippen LogP contribution in [0.1, 0.15) is 88.5 Å². The van der Waals surface area contributed by atoms with Crippen molar-refractivity contribution in [1.29, 1.82) is 0 Å². The summed E-state index contributed by atoms with van der Waals surface area (Å²) in [6.45, 7) is 24.5. The molecule has 0 spiro atoms. The number of aryl methyl sites for hydroxylation is 2. The lowest BCUT2D eigenvalue weighted by Gasteiger charge is -2.39. The Kier molecular flexibility index (Phi) is 12.4.